The standard InChI is InChI=1S/C26H33FN6O4S.C2HF3O2/c1-15(2)24(28)26(34)37-19-8-10-32(11-9-19)38(35,36)23-13-20-22(14-29-23)33(18-5-6-18)31-25(20)30-17-4-7-21(27)16(3)12-17;3-2(4,5)1(6)7/h4,7,12-15,18-19,24H,5-6,8-11,28H2,1-3H3,(H,30,31);(H,6,7)/t24-;/m0./s1. The minimum absolute atomic E-state index is 0.0420. The van der Waals surface area contributed by atoms with Gasteiger partial charge in [-0.1, -0.05) is 13.8 Å². The second kappa shape index (κ2) is 13.3. The molecule has 246 valence electrons. The van der Waals surface area contributed by atoms with Crippen LogP contribution in [0.4, 0.5) is 29.1 Å². The average molecular weight is 659 g/mol. The first-order valence-corrected chi connectivity index (χ1v) is 15.6. The topological polar surface area (TPSA) is 170 Å². The number of aryl methyl sites for hydroxylation is 1. The molecule has 12 nitrogen and oxygen atoms in total. The molecule has 3 heterocycles. The average Bonchev–Trinajstić information content (AvgIpc) is 3.76. The smallest absolute Gasteiger partial charge is 0.475 e. The zero-order chi connectivity index (χ0) is 33.3. The van der Waals surface area contributed by atoms with E-state index >= 15 is 0 Å². The third kappa shape index (κ3) is 8.07. The number of carbonyl (C=O) groups excluding carboxylic acids is 1. The van der Waals surface area contributed by atoms with Gasteiger partial charge < -0.3 is 20.9 Å². The van der Waals surface area contributed by atoms with Gasteiger partial charge in [-0.3, -0.25) is 9.48 Å². The van der Waals surface area contributed by atoms with Crippen molar-refractivity contribution in [3.63, 3.8) is 0 Å². The van der Waals surface area contributed by atoms with Gasteiger partial charge in [0, 0.05) is 24.2 Å². The minimum Gasteiger partial charge on any atom is -0.475 e. The van der Waals surface area contributed by atoms with Gasteiger partial charge in [0.1, 0.15) is 18.0 Å². The van der Waals surface area contributed by atoms with Crippen LogP contribution in [-0.2, 0) is 24.3 Å². The van der Waals surface area contributed by atoms with Crippen LogP contribution in [0.15, 0.2) is 35.5 Å². The number of sulfonamides is 1. The summed E-state index contributed by atoms with van der Waals surface area (Å²) in [5.74, 6) is -3.07. The molecule has 2 aliphatic rings. The molecular formula is C28H34F4N6O6S. The van der Waals surface area contributed by atoms with Crippen LogP contribution in [0.1, 0.15) is 51.1 Å². The highest BCUT2D eigenvalue weighted by Crippen LogP contribution is 2.39. The number of aromatic nitrogens is 3. The Labute approximate surface area is 256 Å². The van der Waals surface area contributed by atoms with Crippen molar-refractivity contribution >= 4 is 44.4 Å². The van der Waals surface area contributed by atoms with Crippen molar-refractivity contribution in [2.45, 2.75) is 75.8 Å². The Morgan fingerprint density at radius 2 is 1.76 bits per heavy atom. The number of anilines is 2. The van der Waals surface area contributed by atoms with Crippen molar-refractivity contribution in [2.24, 2.45) is 11.7 Å². The molecule has 1 aliphatic carbocycles. The van der Waals surface area contributed by atoms with Crippen LogP contribution in [0.3, 0.4) is 0 Å². The molecule has 2 aromatic heterocycles. The highest BCUT2D eigenvalue weighted by molar-refractivity contribution is 7.89. The summed E-state index contributed by atoms with van der Waals surface area (Å²) < 4.78 is 81.3. The number of fused-ring (bicyclic) bond motifs is 1. The number of piperidine rings is 1. The maximum atomic E-state index is 13.8. The largest absolute Gasteiger partial charge is 0.490 e. The number of aliphatic carboxylic acids is 1. The van der Waals surface area contributed by atoms with E-state index in [-0.39, 0.29) is 42.0 Å². The number of pyridine rings is 1. The predicted octanol–water partition coefficient (Wildman–Crippen LogP) is 4.27. The lowest BCUT2D eigenvalue weighted by atomic mass is 10.1. The molecule has 0 radical (unpaired) electrons. The number of nitrogens with one attached hydrogen (secondary N) is 1. The molecule has 0 spiro atoms. The summed E-state index contributed by atoms with van der Waals surface area (Å²) in [6, 6.07) is 5.77. The van der Waals surface area contributed by atoms with Gasteiger partial charge in [-0.15, -0.1) is 0 Å². The number of carbonyl (C=O) groups is 2. The number of hydrogen-bond donors (Lipinski definition) is 3. The van der Waals surface area contributed by atoms with Crippen molar-refractivity contribution in [3.8, 4) is 0 Å². The summed E-state index contributed by atoms with van der Waals surface area (Å²) in [4.78, 5) is 25.4. The molecule has 1 saturated carbocycles. The first kappa shape index (κ1) is 34.1. The number of alkyl halides is 3. The summed E-state index contributed by atoms with van der Waals surface area (Å²) in [7, 11) is -3.89. The molecule has 1 atom stereocenters. The Balaban J connectivity index is 0.000000591. The van der Waals surface area contributed by atoms with Gasteiger partial charge in [0.25, 0.3) is 10.0 Å². The maximum absolute atomic E-state index is 13.8. The van der Waals surface area contributed by atoms with E-state index in [9.17, 15) is 30.8 Å². The number of nitrogens with two attached hydrogens (primary N) is 1. The van der Waals surface area contributed by atoms with E-state index in [1.54, 1.807) is 31.3 Å². The monoisotopic (exact) mass is 658 g/mol. The van der Waals surface area contributed by atoms with Gasteiger partial charge in [0.2, 0.25) is 0 Å². The Morgan fingerprint density at radius 3 is 2.29 bits per heavy atom. The molecule has 0 bridgehead atoms. The van der Waals surface area contributed by atoms with Crippen molar-refractivity contribution in [2.75, 3.05) is 18.4 Å². The molecule has 1 aromatic carbocycles. The number of carboxylic acid groups (broad SMARTS) is 1. The molecule has 1 saturated heterocycles. The van der Waals surface area contributed by atoms with Crippen LogP contribution in [0.5, 0.6) is 0 Å². The van der Waals surface area contributed by atoms with Crippen LogP contribution in [-0.4, -0.2) is 75.9 Å². The van der Waals surface area contributed by atoms with E-state index in [4.69, 9.17) is 25.5 Å². The fraction of sp³-hybridized carbons (Fsp3) is 0.500. The van der Waals surface area contributed by atoms with Gasteiger partial charge in [0.15, 0.2) is 10.8 Å². The highest BCUT2D eigenvalue weighted by Gasteiger charge is 2.38. The molecule has 0 amide bonds. The molecule has 5 rings (SSSR count). The Hall–Kier alpha value is -3.83. The van der Waals surface area contributed by atoms with E-state index in [0.717, 1.165) is 18.4 Å². The third-order valence-corrected chi connectivity index (χ3v) is 9.20. The Kier molecular flexibility index (Phi) is 10.0. The van der Waals surface area contributed by atoms with E-state index in [0.29, 0.717) is 35.3 Å². The Bertz CT molecular complexity index is 1670. The van der Waals surface area contributed by atoms with Crippen LogP contribution in [0.25, 0.3) is 10.9 Å². The fourth-order valence-corrected chi connectivity index (χ4v) is 5.95. The van der Waals surface area contributed by atoms with Crippen LogP contribution >= 0.6 is 0 Å². The fourth-order valence-electron chi connectivity index (χ4n) is 4.54. The zero-order valence-electron chi connectivity index (χ0n) is 24.7. The second-order valence-electron chi connectivity index (χ2n) is 11.3. The third-order valence-electron chi connectivity index (χ3n) is 7.40. The maximum Gasteiger partial charge on any atom is 0.490 e. The number of benzene rings is 1. The lowest BCUT2D eigenvalue weighted by Crippen LogP contribution is -2.44. The number of rotatable bonds is 8. The number of hydrogen-bond acceptors (Lipinski definition) is 9. The second-order valence-corrected chi connectivity index (χ2v) is 13.2. The lowest BCUT2D eigenvalue weighted by molar-refractivity contribution is -0.192. The molecule has 17 heteroatoms. The Morgan fingerprint density at radius 1 is 1.13 bits per heavy atom. The quantitative estimate of drug-likeness (QED) is 0.235. The summed E-state index contributed by atoms with van der Waals surface area (Å²) >= 11 is 0. The van der Waals surface area contributed by atoms with Gasteiger partial charge in [-0.25, -0.2) is 22.6 Å². The van der Waals surface area contributed by atoms with E-state index in [1.807, 2.05) is 18.5 Å². The van der Waals surface area contributed by atoms with Crippen molar-refractivity contribution in [1.29, 1.82) is 0 Å². The van der Waals surface area contributed by atoms with Crippen LogP contribution in [0.2, 0.25) is 0 Å². The molecule has 0 unspecified atom stereocenters. The number of nitrogens with zero attached hydrogens (tertiary/aromatic N) is 4. The number of carboxylic acids is 1. The van der Waals surface area contributed by atoms with Gasteiger partial charge in [-0.2, -0.15) is 22.6 Å². The number of esters is 1. The zero-order valence-corrected chi connectivity index (χ0v) is 25.5. The van der Waals surface area contributed by atoms with Gasteiger partial charge in [-0.05, 0) is 68.4 Å². The molecule has 45 heavy (non-hydrogen) atoms. The molecular weight excluding hydrogens is 624 g/mol. The first-order valence-electron chi connectivity index (χ1n) is 14.2. The van der Waals surface area contributed by atoms with Gasteiger partial charge in [0.05, 0.1) is 17.8 Å². The summed E-state index contributed by atoms with van der Waals surface area (Å²) in [5.41, 5.74) is 7.76. The SMILES string of the molecule is Cc1cc(Nc2nn(C3CC3)c3cnc(S(=O)(=O)N4CCC(OC(=O)[C@@H](N)C(C)C)CC4)cc23)ccc1F.O=C(O)C(F)(F)F. The van der Waals surface area contributed by atoms with Gasteiger partial charge >= 0.3 is 18.1 Å². The molecule has 1 aliphatic heterocycles. The normalized spacial score (nSPS) is 17.1. The van der Waals surface area contributed by atoms with Crippen LogP contribution in [0, 0.1) is 18.7 Å². The first-order chi connectivity index (χ1) is 21.0. The minimum atomic E-state index is -5.08. The van der Waals surface area contributed by atoms with Crippen LogP contribution < -0.4 is 11.1 Å². The molecule has 3 aromatic rings. The molecule has 2 fully saturated rings. The van der Waals surface area contributed by atoms with Crippen molar-refractivity contribution in [3.05, 3.63) is 41.8 Å². The summed E-state index contributed by atoms with van der Waals surface area (Å²) in [6.07, 6.45) is -1.15. The lowest BCUT2D eigenvalue weighted by Gasteiger charge is -2.31. The van der Waals surface area contributed by atoms with E-state index in [1.165, 1.54) is 10.4 Å². The van der Waals surface area contributed by atoms with E-state index in [2.05, 4.69) is 10.3 Å². The van der Waals surface area contributed by atoms with Crippen molar-refractivity contribution in [1.82, 2.24) is 19.1 Å². The number of ether oxygens (including phenoxy) is 1. The number of halogens is 4. The molecule has 4 N–H and O–H groups in total. The van der Waals surface area contributed by atoms with Crippen molar-refractivity contribution < 1.29 is 45.4 Å². The summed E-state index contributed by atoms with van der Waals surface area (Å²) in [6.45, 7) is 5.79. The highest BCUT2D eigenvalue weighted by atomic mass is 32.2. The predicted molar refractivity (Wildman–Crippen MR) is 155 cm³/mol. The summed E-state index contributed by atoms with van der Waals surface area (Å²) in [5, 5.41) is 15.6. The van der Waals surface area contributed by atoms with E-state index < -0.39 is 34.2 Å².